The van der Waals surface area contributed by atoms with Crippen LogP contribution in [-0.2, 0) is 6.42 Å². The van der Waals surface area contributed by atoms with Crippen molar-refractivity contribution in [3.8, 4) is 11.5 Å². The van der Waals surface area contributed by atoms with E-state index in [0.29, 0.717) is 5.54 Å². The maximum Gasteiger partial charge on any atom is 0.122 e. The molecule has 1 aromatic rings. The van der Waals surface area contributed by atoms with Crippen LogP contribution in [0.4, 0.5) is 0 Å². The number of hydrogen-bond acceptors (Lipinski definition) is 3. The topological polar surface area (TPSA) is 30.5 Å². The van der Waals surface area contributed by atoms with Gasteiger partial charge >= 0.3 is 0 Å². The molecule has 1 aromatic carbocycles. The third-order valence-electron chi connectivity index (χ3n) is 3.40. The molecule has 0 saturated heterocycles. The van der Waals surface area contributed by atoms with Crippen LogP contribution < -0.4 is 14.8 Å². The van der Waals surface area contributed by atoms with E-state index >= 15 is 0 Å². The highest BCUT2D eigenvalue weighted by atomic mass is 16.5. The van der Waals surface area contributed by atoms with E-state index in [4.69, 9.17) is 9.47 Å². The number of ether oxygens (including phenoxy) is 2. The standard InChI is InChI=1S/C13H19NO2/c1-14-13(6-7-13)9-10-8-11(15-2)4-5-12(10)16-3/h4-5,8,14H,6-7,9H2,1-3H3. The number of benzene rings is 1. The van der Waals surface area contributed by atoms with Gasteiger partial charge < -0.3 is 14.8 Å². The van der Waals surface area contributed by atoms with E-state index in [-0.39, 0.29) is 0 Å². The van der Waals surface area contributed by atoms with Crippen molar-refractivity contribution in [3.05, 3.63) is 23.8 Å². The summed E-state index contributed by atoms with van der Waals surface area (Å²) in [6.45, 7) is 0. The van der Waals surface area contributed by atoms with Crippen LogP contribution in [0.1, 0.15) is 18.4 Å². The average Bonchev–Trinajstić information content (AvgIpc) is 3.09. The minimum atomic E-state index is 0.291. The molecule has 1 N–H and O–H groups in total. The van der Waals surface area contributed by atoms with Gasteiger partial charge in [0.2, 0.25) is 0 Å². The number of hydrogen-bond donors (Lipinski definition) is 1. The van der Waals surface area contributed by atoms with Crippen LogP contribution in [0.15, 0.2) is 18.2 Å². The van der Waals surface area contributed by atoms with Gasteiger partial charge in [0.15, 0.2) is 0 Å². The van der Waals surface area contributed by atoms with Crippen molar-refractivity contribution < 1.29 is 9.47 Å². The summed E-state index contributed by atoms with van der Waals surface area (Å²) >= 11 is 0. The lowest BCUT2D eigenvalue weighted by atomic mass is 10.0. The molecule has 0 unspecified atom stereocenters. The quantitative estimate of drug-likeness (QED) is 0.825. The van der Waals surface area contributed by atoms with Crippen LogP contribution in [-0.4, -0.2) is 26.8 Å². The van der Waals surface area contributed by atoms with Gasteiger partial charge in [-0.1, -0.05) is 0 Å². The number of rotatable bonds is 5. The molecule has 16 heavy (non-hydrogen) atoms. The van der Waals surface area contributed by atoms with Crippen LogP contribution >= 0.6 is 0 Å². The normalized spacial score (nSPS) is 16.9. The van der Waals surface area contributed by atoms with E-state index in [1.165, 1.54) is 18.4 Å². The van der Waals surface area contributed by atoms with Gasteiger partial charge in [-0.3, -0.25) is 0 Å². The number of likely N-dealkylation sites (N-methyl/N-ethyl adjacent to an activating group) is 1. The summed E-state index contributed by atoms with van der Waals surface area (Å²) in [5.74, 6) is 1.84. The van der Waals surface area contributed by atoms with Crippen molar-refractivity contribution in [2.45, 2.75) is 24.8 Å². The Labute approximate surface area is 96.8 Å². The van der Waals surface area contributed by atoms with Gasteiger partial charge in [-0.05, 0) is 50.1 Å². The molecule has 88 valence electrons. The van der Waals surface area contributed by atoms with Crippen LogP contribution in [0.3, 0.4) is 0 Å². The molecule has 1 fully saturated rings. The highest BCUT2D eigenvalue weighted by molar-refractivity contribution is 5.42. The summed E-state index contributed by atoms with van der Waals surface area (Å²) in [5, 5.41) is 3.39. The van der Waals surface area contributed by atoms with Crippen LogP contribution in [0.25, 0.3) is 0 Å². The van der Waals surface area contributed by atoms with Gasteiger partial charge in [-0.15, -0.1) is 0 Å². The molecule has 0 bridgehead atoms. The summed E-state index contributed by atoms with van der Waals surface area (Å²) in [4.78, 5) is 0. The van der Waals surface area contributed by atoms with Crippen molar-refractivity contribution in [1.82, 2.24) is 5.32 Å². The van der Waals surface area contributed by atoms with Crippen molar-refractivity contribution in [2.75, 3.05) is 21.3 Å². The monoisotopic (exact) mass is 221 g/mol. The second-order valence-corrected chi connectivity index (χ2v) is 4.38. The Kier molecular flexibility index (Phi) is 3.06. The fourth-order valence-electron chi connectivity index (χ4n) is 2.05. The van der Waals surface area contributed by atoms with Gasteiger partial charge in [0.05, 0.1) is 14.2 Å². The molecule has 1 saturated carbocycles. The fraction of sp³-hybridized carbons (Fsp3) is 0.538. The van der Waals surface area contributed by atoms with Crippen LogP contribution in [0, 0.1) is 0 Å². The van der Waals surface area contributed by atoms with E-state index in [1.807, 2.05) is 19.2 Å². The SMILES string of the molecule is CNC1(Cc2cc(OC)ccc2OC)CC1. The smallest absolute Gasteiger partial charge is 0.122 e. The predicted molar refractivity (Wildman–Crippen MR) is 64.3 cm³/mol. The molecule has 2 rings (SSSR count). The third-order valence-corrected chi connectivity index (χ3v) is 3.40. The molecule has 3 heteroatoms. The van der Waals surface area contributed by atoms with Crippen molar-refractivity contribution in [1.29, 1.82) is 0 Å². The molecule has 0 atom stereocenters. The molecule has 1 aliphatic carbocycles. The molecular formula is C13H19NO2. The maximum absolute atomic E-state index is 5.38. The number of methoxy groups -OCH3 is 2. The largest absolute Gasteiger partial charge is 0.497 e. The molecule has 0 spiro atoms. The molecule has 1 aliphatic rings. The molecule has 0 aliphatic heterocycles. The summed E-state index contributed by atoms with van der Waals surface area (Å²) < 4.78 is 10.6. The van der Waals surface area contributed by atoms with E-state index in [1.54, 1.807) is 14.2 Å². The highest BCUT2D eigenvalue weighted by Crippen LogP contribution is 2.40. The molecule has 3 nitrogen and oxygen atoms in total. The summed E-state index contributed by atoms with van der Waals surface area (Å²) in [6.07, 6.45) is 3.48. The second-order valence-electron chi connectivity index (χ2n) is 4.38. The van der Waals surface area contributed by atoms with Gasteiger partial charge in [0.25, 0.3) is 0 Å². The Morgan fingerprint density at radius 1 is 1.25 bits per heavy atom. The lowest BCUT2D eigenvalue weighted by molar-refractivity contribution is 0.395. The Morgan fingerprint density at radius 3 is 2.50 bits per heavy atom. The predicted octanol–water partition coefficient (Wildman–Crippen LogP) is 2.00. The van der Waals surface area contributed by atoms with E-state index in [0.717, 1.165) is 17.9 Å². The number of nitrogens with one attached hydrogen (secondary N) is 1. The van der Waals surface area contributed by atoms with Gasteiger partial charge in [0.1, 0.15) is 11.5 Å². The minimum absolute atomic E-state index is 0.291. The van der Waals surface area contributed by atoms with Gasteiger partial charge in [0, 0.05) is 5.54 Å². The van der Waals surface area contributed by atoms with E-state index in [9.17, 15) is 0 Å². The summed E-state index contributed by atoms with van der Waals surface area (Å²) in [5.41, 5.74) is 1.51. The van der Waals surface area contributed by atoms with Crippen LogP contribution in [0.2, 0.25) is 0 Å². The van der Waals surface area contributed by atoms with E-state index < -0.39 is 0 Å². The van der Waals surface area contributed by atoms with Gasteiger partial charge in [-0.2, -0.15) is 0 Å². The zero-order valence-electron chi connectivity index (χ0n) is 10.2. The Morgan fingerprint density at radius 2 is 2.00 bits per heavy atom. The average molecular weight is 221 g/mol. The van der Waals surface area contributed by atoms with Crippen LogP contribution in [0.5, 0.6) is 11.5 Å². The Bertz CT molecular complexity index is 372. The first-order chi connectivity index (χ1) is 7.73. The van der Waals surface area contributed by atoms with Crippen molar-refractivity contribution >= 4 is 0 Å². The first-order valence-electron chi connectivity index (χ1n) is 5.63. The zero-order chi connectivity index (χ0) is 11.6. The second kappa shape index (κ2) is 4.34. The molecular weight excluding hydrogens is 202 g/mol. The molecule has 0 aromatic heterocycles. The Hall–Kier alpha value is -1.22. The van der Waals surface area contributed by atoms with Crippen molar-refractivity contribution in [3.63, 3.8) is 0 Å². The van der Waals surface area contributed by atoms with Gasteiger partial charge in [-0.25, -0.2) is 0 Å². The summed E-state index contributed by atoms with van der Waals surface area (Å²) in [7, 11) is 5.43. The summed E-state index contributed by atoms with van der Waals surface area (Å²) in [6, 6.07) is 5.97. The maximum atomic E-state index is 5.38. The molecule has 0 radical (unpaired) electrons. The zero-order valence-corrected chi connectivity index (χ0v) is 10.2. The first-order valence-corrected chi connectivity index (χ1v) is 5.63. The fourth-order valence-corrected chi connectivity index (χ4v) is 2.05. The first kappa shape index (κ1) is 11.3. The minimum Gasteiger partial charge on any atom is -0.497 e. The lowest BCUT2D eigenvalue weighted by Gasteiger charge is -2.17. The van der Waals surface area contributed by atoms with E-state index in [2.05, 4.69) is 11.4 Å². The lowest BCUT2D eigenvalue weighted by Crippen LogP contribution is -2.29. The highest BCUT2D eigenvalue weighted by Gasteiger charge is 2.41. The molecule has 0 amide bonds. The Balaban J connectivity index is 2.23. The van der Waals surface area contributed by atoms with Crippen molar-refractivity contribution in [2.24, 2.45) is 0 Å². The third kappa shape index (κ3) is 2.14. The molecule has 0 heterocycles.